The minimum atomic E-state index is -0.567. The maximum atomic E-state index is 12.1. The molecule has 0 aliphatic rings. The van der Waals surface area contributed by atoms with Crippen molar-refractivity contribution in [1.29, 1.82) is 0 Å². The number of rotatable bonds is 6. The highest BCUT2D eigenvalue weighted by Crippen LogP contribution is 2.26. The maximum absolute atomic E-state index is 12.1. The van der Waals surface area contributed by atoms with Crippen LogP contribution in [0.15, 0.2) is 46.9 Å². The number of hydrogen-bond donors (Lipinski definition) is 2. The molecule has 0 aromatic heterocycles. The van der Waals surface area contributed by atoms with E-state index in [2.05, 4.69) is 31.5 Å². The van der Waals surface area contributed by atoms with Crippen LogP contribution in [0.4, 0.5) is 0 Å². The zero-order valence-electron chi connectivity index (χ0n) is 14.9. The fraction of sp³-hybridized carbons (Fsp3) is 0.211. The van der Waals surface area contributed by atoms with Crippen LogP contribution in [0.1, 0.15) is 33.2 Å². The van der Waals surface area contributed by atoms with Crippen LogP contribution < -0.4 is 15.6 Å². The molecular formula is C19H19BrN2O5. The Bertz CT molecular complexity index is 854. The summed E-state index contributed by atoms with van der Waals surface area (Å²) in [6.07, 6.45) is 0.891. The summed E-state index contributed by atoms with van der Waals surface area (Å²) in [5.74, 6) is -1.12. The largest absolute Gasteiger partial charge is 0.483 e. The molecule has 8 heteroatoms. The van der Waals surface area contributed by atoms with Crippen LogP contribution in [0.3, 0.4) is 0 Å². The molecule has 0 aliphatic heterocycles. The molecule has 0 saturated heterocycles. The van der Waals surface area contributed by atoms with Crippen LogP contribution in [-0.4, -0.2) is 31.5 Å². The summed E-state index contributed by atoms with van der Waals surface area (Å²) in [4.78, 5) is 35.5. The summed E-state index contributed by atoms with van der Waals surface area (Å²) in [5, 5.41) is 0. The van der Waals surface area contributed by atoms with Gasteiger partial charge in [0, 0.05) is 5.56 Å². The average molecular weight is 435 g/mol. The summed E-state index contributed by atoms with van der Waals surface area (Å²) in [6.45, 7) is 1.77. The zero-order valence-corrected chi connectivity index (χ0v) is 16.5. The van der Waals surface area contributed by atoms with E-state index in [0.29, 0.717) is 5.75 Å². The first-order valence-corrected chi connectivity index (χ1v) is 8.92. The first-order chi connectivity index (χ1) is 12.9. The molecule has 7 nitrogen and oxygen atoms in total. The molecule has 142 valence electrons. The van der Waals surface area contributed by atoms with Crippen molar-refractivity contribution in [1.82, 2.24) is 10.9 Å². The van der Waals surface area contributed by atoms with Crippen molar-refractivity contribution in [2.24, 2.45) is 0 Å². The highest BCUT2D eigenvalue weighted by Gasteiger charge is 2.12. The molecule has 2 rings (SSSR count). The van der Waals surface area contributed by atoms with Crippen molar-refractivity contribution >= 4 is 33.7 Å². The monoisotopic (exact) mass is 434 g/mol. The lowest BCUT2D eigenvalue weighted by Gasteiger charge is -2.11. The first-order valence-electron chi connectivity index (χ1n) is 8.13. The molecule has 0 saturated carbocycles. The van der Waals surface area contributed by atoms with Gasteiger partial charge in [0.2, 0.25) is 0 Å². The van der Waals surface area contributed by atoms with Crippen LogP contribution >= 0.6 is 15.9 Å². The fourth-order valence-corrected chi connectivity index (χ4v) is 2.71. The third kappa shape index (κ3) is 5.82. The number of carbonyl (C=O) groups excluding carboxylic acids is 3. The van der Waals surface area contributed by atoms with Gasteiger partial charge in [-0.2, -0.15) is 0 Å². The van der Waals surface area contributed by atoms with Crippen LogP contribution in [0.5, 0.6) is 5.75 Å². The van der Waals surface area contributed by atoms with E-state index in [4.69, 9.17) is 4.74 Å². The third-order valence-corrected chi connectivity index (χ3v) is 4.24. The Kier molecular flexibility index (Phi) is 7.36. The van der Waals surface area contributed by atoms with Gasteiger partial charge in [-0.25, -0.2) is 4.79 Å². The van der Waals surface area contributed by atoms with Gasteiger partial charge >= 0.3 is 5.97 Å². The summed E-state index contributed by atoms with van der Waals surface area (Å²) < 4.78 is 10.8. The van der Waals surface area contributed by atoms with Gasteiger partial charge in [-0.05, 0) is 58.2 Å². The van der Waals surface area contributed by atoms with Crippen LogP contribution in [0.25, 0.3) is 0 Å². The number of nitrogens with one attached hydrogen (secondary N) is 2. The lowest BCUT2D eigenvalue weighted by molar-refractivity contribution is -0.123. The van der Waals surface area contributed by atoms with Gasteiger partial charge in [0.1, 0.15) is 5.75 Å². The van der Waals surface area contributed by atoms with Crippen molar-refractivity contribution < 1.29 is 23.9 Å². The SMILES string of the molecule is CCc1ccc(OCC(=O)NNC(=O)c2cccc(C(=O)OC)c2)c(Br)c1. The Balaban J connectivity index is 1.86. The Morgan fingerprint density at radius 3 is 2.44 bits per heavy atom. The smallest absolute Gasteiger partial charge is 0.337 e. The number of benzene rings is 2. The predicted molar refractivity (Wildman–Crippen MR) is 102 cm³/mol. The van der Waals surface area contributed by atoms with Crippen molar-refractivity contribution in [3.05, 3.63) is 63.6 Å². The van der Waals surface area contributed by atoms with E-state index in [9.17, 15) is 14.4 Å². The Labute approximate surface area is 165 Å². The summed E-state index contributed by atoms with van der Waals surface area (Å²) in [7, 11) is 1.25. The van der Waals surface area contributed by atoms with E-state index >= 15 is 0 Å². The van der Waals surface area contributed by atoms with E-state index in [0.717, 1.165) is 16.5 Å². The molecule has 2 amide bonds. The van der Waals surface area contributed by atoms with Gasteiger partial charge in [-0.15, -0.1) is 0 Å². The number of hydrazine groups is 1. The molecular weight excluding hydrogens is 416 g/mol. The Morgan fingerprint density at radius 2 is 1.78 bits per heavy atom. The highest BCUT2D eigenvalue weighted by molar-refractivity contribution is 9.10. The quantitative estimate of drug-likeness (QED) is 0.538. The van der Waals surface area contributed by atoms with Gasteiger partial charge in [0.05, 0.1) is 17.1 Å². The van der Waals surface area contributed by atoms with Gasteiger partial charge in [-0.1, -0.05) is 19.1 Å². The molecule has 27 heavy (non-hydrogen) atoms. The standard InChI is InChI=1S/C19H19BrN2O5/c1-3-12-7-8-16(15(20)9-12)27-11-17(23)21-22-18(24)13-5-4-6-14(10-13)19(25)26-2/h4-10H,3,11H2,1-2H3,(H,21,23)(H,22,24). The van der Waals surface area contributed by atoms with Crippen molar-refractivity contribution in [2.75, 3.05) is 13.7 Å². The van der Waals surface area contributed by atoms with Gasteiger partial charge < -0.3 is 9.47 Å². The lowest BCUT2D eigenvalue weighted by atomic mass is 10.1. The third-order valence-electron chi connectivity index (χ3n) is 3.62. The average Bonchev–Trinajstić information content (AvgIpc) is 2.70. The molecule has 0 radical (unpaired) electrons. The van der Waals surface area contributed by atoms with Crippen LogP contribution in [0.2, 0.25) is 0 Å². The van der Waals surface area contributed by atoms with Crippen molar-refractivity contribution in [2.45, 2.75) is 13.3 Å². The second-order valence-electron chi connectivity index (χ2n) is 5.48. The molecule has 0 aliphatic carbocycles. The summed E-state index contributed by atoms with van der Waals surface area (Å²) in [6, 6.07) is 11.6. The first kappa shape index (κ1) is 20.4. The summed E-state index contributed by atoms with van der Waals surface area (Å²) >= 11 is 3.39. The van der Waals surface area contributed by atoms with E-state index in [1.54, 1.807) is 12.1 Å². The van der Waals surface area contributed by atoms with Gasteiger partial charge in [0.25, 0.3) is 11.8 Å². The molecule has 2 aromatic rings. The number of hydrogen-bond acceptors (Lipinski definition) is 5. The molecule has 0 spiro atoms. The molecule has 0 atom stereocenters. The van der Waals surface area contributed by atoms with Gasteiger partial charge in [0.15, 0.2) is 6.61 Å². The molecule has 0 bridgehead atoms. The van der Waals surface area contributed by atoms with Gasteiger partial charge in [-0.3, -0.25) is 20.4 Å². The Morgan fingerprint density at radius 1 is 1.04 bits per heavy atom. The fourth-order valence-electron chi connectivity index (χ4n) is 2.16. The van der Waals surface area contributed by atoms with Crippen LogP contribution in [-0.2, 0) is 16.0 Å². The Hall–Kier alpha value is -2.87. The number of carbonyl (C=O) groups is 3. The second-order valence-corrected chi connectivity index (χ2v) is 6.34. The van der Waals surface area contributed by atoms with Crippen LogP contribution in [0, 0.1) is 0 Å². The molecule has 0 unspecified atom stereocenters. The number of ether oxygens (including phenoxy) is 2. The maximum Gasteiger partial charge on any atom is 0.337 e. The van der Waals surface area contributed by atoms with E-state index in [1.165, 1.54) is 25.3 Å². The minimum absolute atomic E-state index is 0.206. The number of aryl methyl sites for hydroxylation is 1. The van der Waals surface area contributed by atoms with Crippen molar-refractivity contribution in [3.63, 3.8) is 0 Å². The normalized spacial score (nSPS) is 10.0. The summed E-state index contributed by atoms with van der Waals surface area (Å²) in [5.41, 5.74) is 6.11. The number of halogens is 1. The molecule has 0 fully saturated rings. The molecule has 2 N–H and O–H groups in total. The second kappa shape index (κ2) is 9.72. The predicted octanol–water partition coefficient (Wildman–Crippen LogP) is 2.64. The minimum Gasteiger partial charge on any atom is -0.483 e. The van der Waals surface area contributed by atoms with Crippen molar-refractivity contribution in [3.8, 4) is 5.75 Å². The topological polar surface area (TPSA) is 93.7 Å². The molecule has 0 heterocycles. The van der Waals surface area contributed by atoms with E-state index in [-0.39, 0.29) is 17.7 Å². The lowest BCUT2D eigenvalue weighted by Crippen LogP contribution is -2.43. The van der Waals surface area contributed by atoms with E-state index in [1.807, 2.05) is 19.1 Å². The number of amides is 2. The zero-order chi connectivity index (χ0) is 19.8. The number of esters is 1. The van der Waals surface area contributed by atoms with E-state index < -0.39 is 17.8 Å². The molecule has 2 aromatic carbocycles. The number of methoxy groups -OCH3 is 1. The highest BCUT2D eigenvalue weighted by atomic mass is 79.9.